The molecular weight excluding hydrogens is 751 g/mol. The molecule has 0 unspecified atom stereocenters. The zero-order valence-corrected chi connectivity index (χ0v) is 34.0. The third-order valence-corrected chi connectivity index (χ3v) is 11.8. The molecule has 0 atom stereocenters. The lowest BCUT2D eigenvalue weighted by molar-refractivity contribution is 0.979. The first kappa shape index (κ1) is 36.8. The van der Waals surface area contributed by atoms with Gasteiger partial charge >= 0.3 is 0 Å². The van der Waals surface area contributed by atoms with E-state index in [4.69, 9.17) is 5.10 Å². The number of benzene rings is 9. The molecule has 0 radical (unpaired) electrons. The number of aromatic nitrogens is 2. The zero-order chi connectivity index (χ0) is 41.2. The summed E-state index contributed by atoms with van der Waals surface area (Å²) in [5, 5.41) is 7.75. The van der Waals surface area contributed by atoms with Gasteiger partial charge in [0.05, 0.1) is 11.2 Å². The summed E-state index contributed by atoms with van der Waals surface area (Å²) < 4.78 is 2.17. The molecule has 9 aromatic carbocycles. The Balaban J connectivity index is 1.10. The summed E-state index contributed by atoms with van der Waals surface area (Å²) in [5.41, 5.74) is 17.8. The van der Waals surface area contributed by atoms with Crippen molar-refractivity contribution in [2.24, 2.45) is 0 Å². The van der Waals surface area contributed by atoms with E-state index in [1.54, 1.807) is 0 Å². The van der Waals surface area contributed by atoms with Gasteiger partial charge in [-0.05, 0) is 86.8 Å². The highest BCUT2D eigenvalue weighted by Gasteiger charge is 2.23. The van der Waals surface area contributed by atoms with Crippen LogP contribution in [-0.4, -0.2) is 9.61 Å². The average Bonchev–Trinajstić information content (AvgIpc) is 3.77. The van der Waals surface area contributed by atoms with Crippen molar-refractivity contribution >= 4 is 33.4 Å². The molecule has 11 rings (SSSR count). The van der Waals surface area contributed by atoms with Crippen LogP contribution in [0.5, 0.6) is 0 Å². The van der Waals surface area contributed by atoms with Gasteiger partial charge in [0.1, 0.15) is 5.69 Å². The molecular formula is C59H41N3. The highest BCUT2D eigenvalue weighted by Crippen LogP contribution is 2.44. The second kappa shape index (κ2) is 16.1. The molecule has 62 heavy (non-hydrogen) atoms. The van der Waals surface area contributed by atoms with E-state index in [0.29, 0.717) is 0 Å². The third kappa shape index (κ3) is 6.92. The first-order chi connectivity index (χ1) is 30.7. The van der Waals surface area contributed by atoms with E-state index < -0.39 is 0 Å². The number of fused-ring (bicyclic) bond motifs is 3. The molecule has 3 heteroatoms. The van der Waals surface area contributed by atoms with E-state index in [2.05, 4.69) is 258 Å². The minimum Gasteiger partial charge on any atom is -0.310 e. The van der Waals surface area contributed by atoms with Crippen LogP contribution in [0.15, 0.2) is 249 Å². The van der Waals surface area contributed by atoms with Crippen molar-refractivity contribution in [3.8, 4) is 67.0 Å². The summed E-state index contributed by atoms with van der Waals surface area (Å²) in [7, 11) is 0. The van der Waals surface area contributed by atoms with Crippen molar-refractivity contribution in [3.63, 3.8) is 0 Å². The van der Waals surface area contributed by atoms with Crippen molar-refractivity contribution in [2.45, 2.75) is 0 Å². The van der Waals surface area contributed by atoms with Crippen LogP contribution < -0.4 is 4.90 Å². The van der Waals surface area contributed by atoms with Gasteiger partial charge in [-0.2, -0.15) is 5.10 Å². The van der Waals surface area contributed by atoms with Gasteiger partial charge in [0.2, 0.25) is 0 Å². The molecule has 0 saturated carbocycles. The normalized spacial score (nSPS) is 11.2. The molecule has 2 aromatic heterocycles. The fourth-order valence-corrected chi connectivity index (χ4v) is 8.72. The van der Waals surface area contributed by atoms with Crippen LogP contribution in [0, 0.1) is 0 Å². The van der Waals surface area contributed by atoms with E-state index in [1.807, 2.05) is 0 Å². The Morgan fingerprint density at radius 2 is 0.677 bits per heavy atom. The monoisotopic (exact) mass is 791 g/mol. The molecule has 0 aliphatic heterocycles. The third-order valence-electron chi connectivity index (χ3n) is 11.8. The summed E-state index contributed by atoms with van der Waals surface area (Å²) in [6, 6.07) is 88.9. The van der Waals surface area contributed by atoms with Gasteiger partial charge in [0.25, 0.3) is 0 Å². The van der Waals surface area contributed by atoms with Crippen molar-refractivity contribution in [1.82, 2.24) is 9.61 Å². The molecule has 0 aliphatic carbocycles. The summed E-state index contributed by atoms with van der Waals surface area (Å²) in [6.07, 6.45) is 0. The first-order valence-corrected chi connectivity index (χ1v) is 21.1. The van der Waals surface area contributed by atoms with Gasteiger partial charge in [0, 0.05) is 39.1 Å². The standard InChI is InChI=1S/C59H41N3/c1-6-16-42(17-7-1)44-26-28-45(29-27-44)47-32-37-53(38-33-47)61(52-35-30-46(31-36-52)43-18-8-2-9-19-43)54-39-34-51-40-56(48-20-10-3-11-21-48)62-59(55(51)41-54)57(49-22-12-4-13-23-49)58(60-62)50-24-14-5-15-25-50/h1-41H. The van der Waals surface area contributed by atoms with Gasteiger partial charge < -0.3 is 4.90 Å². The quantitative estimate of drug-likeness (QED) is 0.145. The fraction of sp³-hybridized carbons (Fsp3) is 0. The Labute approximate surface area is 362 Å². The van der Waals surface area contributed by atoms with Crippen LogP contribution in [0.1, 0.15) is 0 Å². The molecule has 0 spiro atoms. The summed E-state index contributed by atoms with van der Waals surface area (Å²) in [4.78, 5) is 2.37. The molecule has 0 amide bonds. The SMILES string of the molecule is c1ccc(-c2ccc(-c3ccc(N(c4ccc(-c5ccccc5)cc4)c4ccc5cc(-c6ccccc6)n6nc(-c7ccccc7)c(-c7ccccc7)c6c5c4)cc3)cc2)cc1. The van der Waals surface area contributed by atoms with E-state index in [0.717, 1.165) is 67.0 Å². The summed E-state index contributed by atoms with van der Waals surface area (Å²) >= 11 is 0. The Hall–Kier alpha value is -8.27. The second-order valence-corrected chi connectivity index (χ2v) is 15.6. The van der Waals surface area contributed by atoms with E-state index in [-0.39, 0.29) is 0 Å². The predicted octanol–water partition coefficient (Wildman–Crippen LogP) is 16.0. The fourth-order valence-electron chi connectivity index (χ4n) is 8.72. The molecule has 11 aromatic rings. The van der Waals surface area contributed by atoms with Crippen LogP contribution in [0.3, 0.4) is 0 Å². The maximum absolute atomic E-state index is 5.48. The zero-order valence-electron chi connectivity index (χ0n) is 34.0. The maximum Gasteiger partial charge on any atom is 0.101 e. The van der Waals surface area contributed by atoms with Gasteiger partial charge in [-0.1, -0.05) is 206 Å². The number of rotatable bonds is 9. The molecule has 0 aliphatic rings. The minimum absolute atomic E-state index is 0.952. The molecule has 3 nitrogen and oxygen atoms in total. The number of pyridine rings is 1. The number of anilines is 3. The highest BCUT2D eigenvalue weighted by molar-refractivity contribution is 6.10. The highest BCUT2D eigenvalue weighted by atomic mass is 15.2. The van der Waals surface area contributed by atoms with Crippen LogP contribution >= 0.6 is 0 Å². The maximum atomic E-state index is 5.48. The molecule has 0 saturated heterocycles. The Bertz CT molecular complexity index is 3270. The van der Waals surface area contributed by atoms with Crippen LogP contribution in [0.2, 0.25) is 0 Å². The largest absolute Gasteiger partial charge is 0.310 e. The number of nitrogens with zero attached hydrogens (tertiary/aromatic N) is 3. The van der Waals surface area contributed by atoms with Crippen LogP contribution in [0.25, 0.3) is 83.3 Å². The lowest BCUT2D eigenvalue weighted by atomic mass is 9.96. The lowest BCUT2D eigenvalue weighted by Crippen LogP contribution is -2.10. The van der Waals surface area contributed by atoms with Crippen molar-refractivity contribution in [1.29, 1.82) is 0 Å². The van der Waals surface area contributed by atoms with Gasteiger partial charge in [-0.3, -0.25) is 0 Å². The first-order valence-electron chi connectivity index (χ1n) is 21.1. The molecule has 0 fully saturated rings. The van der Waals surface area contributed by atoms with E-state index in [9.17, 15) is 0 Å². The molecule has 292 valence electrons. The molecule has 2 heterocycles. The number of hydrogen-bond acceptors (Lipinski definition) is 2. The van der Waals surface area contributed by atoms with Gasteiger partial charge in [-0.15, -0.1) is 0 Å². The van der Waals surface area contributed by atoms with E-state index in [1.165, 1.54) is 33.4 Å². The Morgan fingerprint density at radius 3 is 1.15 bits per heavy atom. The summed E-state index contributed by atoms with van der Waals surface area (Å²) in [5.74, 6) is 0. The predicted molar refractivity (Wildman–Crippen MR) is 260 cm³/mol. The summed E-state index contributed by atoms with van der Waals surface area (Å²) in [6.45, 7) is 0. The van der Waals surface area contributed by atoms with E-state index >= 15 is 0 Å². The topological polar surface area (TPSA) is 20.5 Å². The molecule has 0 bridgehead atoms. The Morgan fingerprint density at radius 1 is 0.306 bits per heavy atom. The number of hydrogen-bond donors (Lipinski definition) is 0. The van der Waals surface area contributed by atoms with Gasteiger partial charge in [-0.25, -0.2) is 4.52 Å². The van der Waals surface area contributed by atoms with Crippen molar-refractivity contribution in [2.75, 3.05) is 4.90 Å². The minimum atomic E-state index is 0.952. The van der Waals surface area contributed by atoms with Crippen LogP contribution in [-0.2, 0) is 0 Å². The van der Waals surface area contributed by atoms with Crippen LogP contribution in [0.4, 0.5) is 17.1 Å². The Kier molecular flexibility index (Phi) is 9.53. The molecule has 0 N–H and O–H groups in total. The smallest absolute Gasteiger partial charge is 0.101 e. The van der Waals surface area contributed by atoms with Crippen molar-refractivity contribution < 1.29 is 0 Å². The van der Waals surface area contributed by atoms with Gasteiger partial charge in [0.15, 0.2) is 0 Å². The van der Waals surface area contributed by atoms with Crippen molar-refractivity contribution in [3.05, 3.63) is 249 Å². The lowest BCUT2D eigenvalue weighted by Gasteiger charge is -2.26. The average molecular weight is 792 g/mol. The second-order valence-electron chi connectivity index (χ2n) is 15.6.